The van der Waals surface area contributed by atoms with Gasteiger partial charge in [0, 0.05) is 22.9 Å². The van der Waals surface area contributed by atoms with Gasteiger partial charge in [-0.2, -0.15) is 0 Å². The average molecular weight is 379 g/mol. The summed E-state index contributed by atoms with van der Waals surface area (Å²) in [5.74, 6) is -0.786. The third-order valence-electron chi connectivity index (χ3n) is 3.86. The first-order valence-electron chi connectivity index (χ1n) is 7.71. The Hall–Kier alpha value is -2.05. The van der Waals surface area contributed by atoms with Crippen molar-refractivity contribution < 1.29 is 14.0 Å². The molecule has 25 heavy (non-hydrogen) atoms. The van der Waals surface area contributed by atoms with Gasteiger partial charge in [0.15, 0.2) is 0 Å². The average Bonchev–Trinajstić information content (AvgIpc) is 2.57. The molecule has 0 radical (unpaired) electrons. The molecule has 0 saturated carbocycles. The molecule has 0 fully saturated rings. The lowest BCUT2D eigenvalue weighted by atomic mass is 10.1. The molecule has 130 valence electrons. The first kappa shape index (κ1) is 17.8. The number of nitrogens with one attached hydrogen (secondary N) is 2. The second-order valence-electron chi connectivity index (χ2n) is 5.80. The van der Waals surface area contributed by atoms with Crippen molar-refractivity contribution in [1.82, 2.24) is 5.32 Å². The first-order chi connectivity index (χ1) is 11.9. The number of halogens is 2. The molecule has 1 heterocycles. The molecule has 0 aliphatic carbocycles. The lowest BCUT2D eigenvalue weighted by molar-refractivity contribution is -0.124. The fourth-order valence-corrected chi connectivity index (χ4v) is 3.71. The van der Waals surface area contributed by atoms with Crippen molar-refractivity contribution >= 4 is 40.9 Å². The van der Waals surface area contributed by atoms with E-state index in [1.54, 1.807) is 31.2 Å². The van der Waals surface area contributed by atoms with Crippen LogP contribution in [0.1, 0.15) is 17.5 Å². The van der Waals surface area contributed by atoms with E-state index in [1.165, 1.54) is 17.8 Å². The minimum Gasteiger partial charge on any atom is -0.352 e. The second-order valence-corrected chi connectivity index (χ2v) is 7.48. The zero-order chi connectivity index (χ0) is 18.0. The molecule has 7 heteroatoms. The summed E-state index contributed by atoms with van der Waals surface area (Å²) in [4.78, 5) is 25.2. The van der Waals surface area contributed by atoms with E-state index in [0.717, 1.165) is 4.90 Å². The molecule has 1 aliphatic rings. The number of aryl methyl sites for hydroxylation is 1. The molecule has 2 amide bonds. The lowest BCUT2D eigenvalue weighted by Crippen LogP contribution is -2.34. The standard InChI is InChI=1S/C18H16ClFN2O2S/c1-10-2-3-11(6-13(10)20)9-21-17(23)8-16-18(24)22-14-7-12(19)4-5-15(14)25-16/h2-7,16H,8-9H2,1H3,(H,21,23)(H,22,24)/t16-/m1/s1. The summed E-state index contributed by atoms with van der Waals surface area (Å²) in [6.07, 6.45) is 0.0485. The molecule has 2 aromatic carbocycles. The van der Waals surface area contributed by atoms with E-state index in [0.29, 0.717) is 21.8 Å². The van der Waals surface area contributed by atoms with E-state index in [4.69, 9.17) is 11.6 Å². The highest BCUT2D eigenvalue weighted by atomic mass is 35.5. The van der Waals surface area contributed by atoms with Crippen molar-refractivity contribution in [2.75, 3.05) is 5.32 Å². The number of hydrogen-bond acceptors (Lipinski definition) is 3. The molecule has 0 aromatic heterocycles. The lowest BCUT2D eigenvalue weighted by Gasteiger charge is -2.23. The maximum absolute atomic E-state index is 13.5. The van der Waals surface area contributed by atoms with Gasteiger partial charge in [-0.3, -0.25) is 9.59 Å². The number of rotatable bonds is 4. The molecule has 0 unspecified atom stereocenters. The summed E-state index contributed by atoms with van der Waals surface area (Å²) in [5, 5.41) is 5.53. The summed E-state index contributed by atoms with van der Waals surface area (Å²) in [7, 11) is 0. The summed E-state index contributed by atoms with van der Waals surface area (Å²) >= 11 is 7.25. The van der Waals surface area contributed by atoms with E-state index in [-0.39, 0.29) is 30.6 Å². The topological polar surface area (TPSA) is 58.2 Å². The second kappa shape index (κ2) is 7.45. The normalized spacial score (nSPS) is 16.1. The van der Waals surface area contributed by atoms with Crippen LogP contribution in [0.4, 0.5) is 10.1 Å². The molecular weight excluding hydrogens is 363 g/mol. The fourth-order valence-electron chi connectivity index (χ4n) is 2.44. The van der Waals surface area contributed by atoms with E-state index in [1.807, 2.05) is 6.07 Å². The maximum Gasteiger partial charge on any atom is 0.238 e. The van der Waals surface area contributed by atoms with Gasteiger partial charge < -0.3 is 10.6 Å². The van der Waals surface area contributed by atoms with E-state index < -0.39 is 5.25 Å². The molecule has 1 aliphatic heterocycles. The highest BCUT2D eigenvalue weighted by Gasteiger charge is 2.29. The fraction of sp³-hybridized carbons (Fsp3) is 0.222. The molecule has 3 rings (SSSR count). The van der Waals surface area contributed by atoms with Crippen LogP contribution < -0.4 is 10.6 Å². The molecule has 0 bridgehead atoms. The Morgan fingerprint density at radius 3 is 2.88 bits per heavy atom. The minimum absolute atomic E-state index is 0.0485. The SMILES string of the molecule is Cc1ccc(CNC(=O)C[C@H]2Sc3ccc(Cl)cc3NC2=O)cc1F. The van der Waals surface area contributed by atoms with Crippen LogP contribution in [0.25, 0.3) is 0 Å². The summed E-state index contributed by atoms with van der Waals surface area (Å²) in [6.45, 7) is 1.91. The van der Waals surface area contributed by atoms with Crippen molar-refractivity contribution in [2.24, 2.45) is 0 Å². The van der Waals surface area contributed by atoms with Gasteiger partial charge in [0.25, 0.3) is 0 Å². The number of anilines is 1. The quantitative estimate of drug-likeness (QED) is 0.848. The van der Waals surface area contributed by atoms with E-state index >= 15 is 0 Å². The van der Waals surface area contributed by atoms with Crippen LogP contribution in [0.5, 0.6) is 0 Å². The molecule has 2 N–H and O–H groups in total. The largest absolute Gasteiger partial charge is 0.352 e. The first-order valence-corrected chi connectivity index (χ1v) is 8.97. The van der Waals surface area contributed by atoms with Crippen LogP contribution in [-0.4, -0.2) is 17.1 Å². The van der Waals surface area contributed by atoms with Crippen molar-refractivity contribution in [1.29, 1.82) is 0 Å². The molecule has 0 spiro atoms. The van der Waals surface area contributed by atoms with Crippen molar-refractivity contribution in [3.05, 3.63) is 58.4 Å². The molecule has 2 aromatic rings. The Bertz CT molecular complexity index is 844. The van der Waals surface area contributed by atoms with Gasteiger partial charge in [-0.15, -0.1) is 11.8 Å². The summed E-state index contributed by atoms with van der Waals surface area (Å²) in [5.41, 5.74) is 1.90. The third-order valence-corrected chi connectivity index (χ3v) is 5.37. The molecule has 1 atom stereocenters. The van der Waals surface area contributed by atoms with E-state index in [9.17, 15) is 14.0 Å². The number of thioether (sulfide) groups is 1. The summed E-state index contributed by atoms with van der Waals surface area (Å²) < 4.78 is 13.5. The number of hydrogen-bond donors (Lipinski definition) is 2. The van der Waals surface area contributed by atoms with E-state index in [2.05, 4.69) is 10.6 Å². The van der Waals surface area contributed by atoms with Crippen LogP contribution in [-0.2, 0) is 16.1 Å². The number of carbonyl (C=O) groups is 2. The Kier molecular flexibility index (Phi) is 5.30. The van der Waals surface area contributed by atoms with Crippen LogP contribution >= 0.6 is 23.4 Å². The Balaban J connectivity index is 1.58. The third kappa shape index (κ3) is 4.32. The Morgan fingerprint density at radius 2 is 2.12 bits per heavy atom. The number of amides is 2. The van der Waals surface area contributed by atoms with Crippen LogP contribution in [0, 0.1) is 12.7 Å². The highest BCUT2D eigenvalue weighted by Crippen LogP contribution is 2.38. The molecule has 0 saturated heterocycles. The van der Waals surface area contributed by atoms with Crippen LogP contribution in [0.2, 0.25) is 5.02 Å². The minimum atomic E-state index is -0.511. The van der Waals surface area contributed by atoms with Crippen molar-refractivity contribution in [3.63, 3.8) is 0 Å². The van der Waals surface area contributed by atoms with Crippen LogP contribution in [0.3, 0.4) is 0 Å². The maximum atomic E-state index is 13.5. The van der Waals surface area contributed by atoms with Crippen LogP contribution in [0.15, 0.2) is 41.3 Å². The van der Waals surface area contributed by atoms with Gasteiger partial charge in [-0.25, -0.2) is 4.39 Å². The highest BCUT2D eigenvalue weighted by molar-refractivity contribution is 8.01. The number of benzene rings is 2. The molecular formula is C18H16ClFN2O2S. The Labute approximate surface area is 154 Å². The number of fused-ring (bicyclic) bond motifs is 1. The van der Waals surface area contributed by atoms with Gasteiger partial charge in [0.05, 0.1) is 10.9 Å². The van der Waals surface area contributed by atoms with Crippen molar-refractivity contribution in [3.8, 4) is 0 Å². The molecule has 4 nitrogen and oxygen atoms in total. The smallest absolute Gasteiger partial charge is 0.238 e. The predicted octanol–water partition coefficient (Wildman–Crippen LogP) is 3.91. The zero-order valence-electron chi connectivity index (χ0n) is 13.4. The zero-order valence-corrected chi connectivity index (χ0v) is 15.0. The predicted molar refractivity (Wildman–Crippen MR) is 97.3 cm³/mol. The van der Waals surface area contributed by atoms with Gasteiger partial charge in [0.1, 0.15) is 5.82 Å². The van der Waals surface area contributed by atoms with Gasteiger partial charge >= 0.3 is 0 Å². The van der Waals surface area contributed by atoms with Crippen molar-refractivity contribution in [2.45, 2.75) is 30.0 Å². The Morgan fingerprint density at radius 1 is 1.32 bits per heavy atom. The number of carbonyl (C=O) groups excluding carboxylic acids is 2. The monoisotopic (exact) mass is 378 g/mol. The van der Waals surface area contributed by atoms with Gasteiger partial charge in [-0.1, -0.05) is 23.7 Å². The van der Waals surface area contributed by atoms with Gasteiger partial charge in [-0.05, 0) is 42.3 Å². The summed E-state index contributed by atoms with van der Waals surface area (Å²) in [6, 6.07) is 10.1. The van der Waals surface area contributed by atoms with Gasteiger partial charge in [0.2, 0.25) is 11.8 Å².